The number of rotatable bonds is 3. The summed E-state index contributed by atoms with van der Waals surface area (Å²) in [7, 11) is 2.11. The van der Waals surface area contributed by atoms with Crippen LogP contribution in [0.1, 0.15) is 27.7 Å². The zero-order valence-corrected chi connectivity index (χ0v) is 8.26. The molecule has 0 unspecified atom stereocenters. The molecule has 1 nitrogen and oxygen atoms in total. The maximum absolute atomic E-state index is 2.25. The number of allylic oxidation sites excluding steroid dienone is 3. The van der Waals surface area contributed by atoms with Gasteiger partial charge in [0, 0.05) is 18.8 Å². The molecule has 1 heteroatoms. The van der Waals surface area contributed by atoms with E-state index in [0.717, 1.165) is 0 Å². The van der Waals surface area contributed by atoms with Crippen molar-refractivity contribution in [2.75, 3.05) is 7.05 Å². The molecule has 0 rings (SSSR count). The molecule has 0 spiro atoms. The molecule has 0 aliphatic rings. The lowest BCUT2D eigenvalue weighted by Gasteiger charge is -2.24. The van der Waals surface area contributed by atoms with Crippen LogP contribution in [0.5, 0.6) is 0 Å². The minimum Gasteiger partial charge on any atom is -0.372 e. The summed E-state index contributed by atoms with van der Waals surface area (Å²) in [4.78, 5) is 2.25. The quantitative estimate of drug-likeness (QED) is 0.563. The van der Waals surface area contributed by atoms with E-state index in [1.54, 1.807) is 0 Å². The molecule has 0 radical (unpaired) electrons. The molecule has 0 atom stereocenters. The van der Waals surface area contributed by atoms with E-state index in [4.69, 9.17) is 0 Å². The Labute approximate surface area is 70.4 Å². The SMILES string of the molecule is C/C=C\C(=C/C)N(C)C(C)C. The van der Waals surface area contributed by atoms with Gasteiger partial charge in [0.25, 0.3) is 0 Å². The summed E-state index contributed by atoms with van der Waals surface area (Å²) in [6.07, 6.45) is 6.31. The lowest BCUT2D eigenvalue weighted by molar-refractivity contribution is 0.354. The van der Waals surface area contributed by atoms with E-state index in [1.165, 1.54) is 5.70 Å². The van der Waals surface area contributed by atoms with Gasteiger partial charge in [0.2, 0.25) is 0 Å². The van der Waals surface area contributed by atoms with Gasteiger partial charge in [0.15, 0.2) is 0 Å². The number of nitrogens with zero attached hydrogens (tertiary/aromatic N) is 1. The van der Waals surface area contributed by atoms with Gasteiger partial charge in [-0.05, 0) is 33.8 Å². The summed E-state index contributed by atoms with van der Waals surface area (Å²) in [5, 5.41) is 0. The predicted molar refractivity (Wildman–Crippen MR) is 51.5 cm³/mol. The number of likely N-dealkylation sites (N-methyl/N-ethyl adjacent to an activating group) is 1. The van der Waals surface area contributed by atoms with Crippen molar-refractivity contribution >= 4 is 0 Å². The summed E-state index contributed by atoms with van der Waals surface area (Å²) < 4.78 is 0. The van der Waals surface area contributed by atoms with Crippen LogP contribution in [-0.4, -0.2) is 18.0 Å². The molecule has 11 heavy (non-hydrogen) atoms. The van der Waals surface area contributed by atoms with Gasteiger partial charge >= 0.3 is 0 Å². The van der Waals surface area contributed by atoms with Gasteiger partial charge in [0.05, 0.1) is 0 Å². The first kappa shape index (κ1) is 10.3. The molecule has 0 heterocycles. The van der Waals surface area contributed by atoms with Gasteiger partial charge < -0.3 is 4.90 Å². The first-order valence-corrected chi connectivity index (χ1v) is 4.15. The van der Waals surface area contributed by atoms with E-state index >= 15 is 0 Å². The molecular formula is C10H19N. The fourth-order valence-corrected chi connectivity index (χ4v) is 0.886. The van der Waals surface area contributed by atoms with Crippen LogP contribution in [0.2, 0.25) is 0 Å². The van der Waals surface area contributed by atoms with Crippen molar-refractivity contribution in [1.82, 2.24) is 4.90 Å². The molecule has 0 aromatic rings. The fraction of sp³-hybridized carbons (Fsp3) is 0.600. The highest BCUT2D eigenvalue weighted by Crippen LogP contribution is 2.07. The zero-order valence-electron chi connectivity index (χ0n) is 8.26. The third-order valence-corrected chi connectivity index (χ3v) is 1.82. The van der Waals surface area contributed by atoms with Crippen LogP contribution in [0.4, 0.5) is 0 Å². The Kier molecular flexibility index (Phi) is 4.67. The van der Waals surface area contributed by atoms with Crippen LogP contribution in [0.25, 0.3) is 0 Å². The Hall–Kier alpha value is -0.720. The van der Waals surface area contributed by atoms with Crippen LogP contribution in [0.15, 0.2) is 23.9 Å². The Morgan fingerprint density at radius 2 is 1.82 bits per heavy atom. The van der Waals surface area contributed by atoms with Crippen molar-refractivity contribution in [2.45, 2.75) is 33.7 Å². The highest BCUT2D eigenvalue weighted by atomic mass is 15.1. The topological polar surface area (TPSA) is 3.24 Å². The van der Waals surface area contributed by atoms with Gasteiger partial charge in [-0.15, -0.1) is 0 Å². The number of hydrogen-bond donors (Lipinski definition) is 0. The molecule has 0 aromatic heterocycles. The molecule has 0 aliphatic heterocycles. The lowest BCUT2D eigenvalue weighted by Crippen LogP contribution is -2.24. The van der Waals surface area contributed by atoms with Crippen molar-refractivity contribution in [2.24, 2.45) is 0 Å². The smallest absolute Gasteiger partial charge is 0.0319 e. The highest BCUT2D eigenvalue weighted by Gasteiger charge is 2.02. The molecule has 0 bridgehead atoms. The first-order valence-electron chi connectivity index (χ1n) is 4.15. The van der Waals surface area contributed by atoms with Crippen LogP contribution < -0.4 is 0 Å². The minimum absolute atomic E-state index is 0.567. The Balaban J connectivity index is 4.27. The largest absolute Gasteiger partial charge is 0.372 e. The van der Waals surface area contributed by atoms with E-state index in [9.17, 15) is 0 Å². The summed E-state index contributed by atoms with van der Waals surface area (Å²) in [6, 6.07) is 0.567. The second kappa shape index (κ2) is 5.00. The zero-order chi connectivity index (χ0) is 8.85. The molecule has 0 N–H and O–H groups in total. The highest BCUT2D eigenvalue weighted by molar-refractivity contribution is 5.16. The predicted octanol–water partition coefficient (Wildman–Crippen LogP) is 2.81. The Morgan fingerprint density at radius 1 is 1.27 bits per heavy atom. The molecular weight excluding hydrogens is 134 g/mol. The van der Waals surface area contributed by atoms with Gasteiger partial charge in [0.1, 0.15) is 0 Å². The standard InChI is InChI=1S/C10H19N/c1-6-8-10(7-2)11(5)9(3)4/h6-9H,1-5H3/b8-6-,10-7+. The fourth-order valence-electron chi connectivity index (χ4n) is 0.886. The lowest BCUT2D eigenvalue weighted by atomic mass is 10.2. The van der Waals surface area contributed by atoms with Crippen molar-refractivity contribution in [1.29, 1.82) is 0 Å². The maximum Gasteiger partial charge on any atom is 0.0319 e. The van der Waals surface area contributed by atoms with E-state index in [0.29, 0.717) is 6.04 Å². The van der Waals surface area contributed by atoms with Gasteiger partial charge in [-0.1, -0.05) is 12.2 Å². The molecule has 0 aromatic carbocycles. The van der Waals surface area contributed by atoms with Crippen molar-refractivity contribution < 1.29 is 0 Å². The molecule has 0 saturated carbocycles. The maximum atomic E-state index is 2.25. The first-order chi connectivity index (χ1) is 5.13. The van der Waals surface area contributed by atoms with E-state index in [-0.39, 0.29) is 0 Å². The minimum atomic E-state index is 0.567. The van der Waals surface area contributed by atoms with E-state index < -0.39 is 0 Å². The monoisotopic (exact) mass is 153 g/mol. The summed E-state index contributed by atoms with van der Waals surface area (Å²) >= 11 is 0. The van der Waals surface area contributed by atoms with Crippen LogP contribution >= 0.6 is 0 Å². The molecule has 0 amide bonds. The normalized spacial score (nSPS) is 13.1. The molecule has 0 saturated heterocycles. The van der Waals surface area contributed by atoms with Crippen LogP contribution in [0.3, 0.4) is 0 Å². The van der Waals surface area contributed by atoms with Gasteiger partial charge in [-0.3, -0.25) is 0 Å². The summed E-state index contributed by atoms with van der Waals surface area (Å²) in [5.41, 5.74) is 1.28. The Morgan fingerprint density at radius 3 is 2.09 bits per heavy atom. The number of hydrogen-bond acceptors (Lipinski definition) is 1. The third kappa shape index (κ3) is 3.26. The van der Waals surface area contributed by atoms with Crippen LogP contribution in [0, 0.1) is 0 Å². The van der Waals surface area contributed by atoms with Crippen LogP contribution in [-0.2, 0) is 0 Å². The average molecular weight is 153 g/mol. The van der Waals surface area contributed by atoms with Crippen molar-refractivity contribution in [3.05, 3.63) is 23.9 Å². The molecule has 0 aliphatic carbocycles. The van der Waals surface area contributed by atoms with Gasteiger partial charge in [-0.2, -0.15) is 0 Å². The van der Waals surface area contributed by atoms with Crippen molar-refractivity contribution in [3.8, 4) is 0 Å². The Bertz CT molecular complexity index is 154. The van der Waals surface area contributed by atoms with Gasteiger partial charge in [-0.25, -0.2) is 0 Å². The second-order valence-corrected chi connectivity index (χ2v) is 2.92. The second-order valence-electron chi connectivity index (χ2n) is 2.92. The molecule has 0 fully saturated rings. The third-order valence-electron chi connectivity index (χ3n) is 1.82. The average Bonchev–Trinajstić information content (AvgIpc) is 1.98. The van der Waals surface area contributed by atoms with E-state index in [2.05, 4.69) is 50.9 Å². The van der Waals surface area contributed by atoms with Crippen molar-refractivity contribution in [3.63, 3.8) is 0 Å². The van der Waals surface area contributed by atoms with E-state index in [1.807, 2.05) is 6.92 Å². The summed E-state index contributed by atoms with van der Waals surface area (Å²) in [6.45, 7) is 8.48. The summed E-state index contributed by atoms with van der Waals surface area (Å²) in [5.74, 6) is 0. The molecule has 64 valence electrons.